The van der Waals surface area contributed by atoms with Gasteiger partial charge in [-0.1, -0.05) is 12.2 Å². The van der Waals surface area contributed by atoms with Gasteiger partial charge in [0.15, 0.2) is 11.5 Å². The maximum Gasteiger partial charge on any atom is 0.163 e. The fourth-order valence-electron chi connectivity index (χ4n) is 1.99. The summed E-state index contributed by atoms with van der Waals surface area (Å²) in [6.07, 6.45) is 3.34. The van der Waals surface area contributed by atoms with E-state index in [0.29, 0.717) is 18.2 Å². The Bertz CT molecular complexity index is 661. The first-order chi connectivity index (χ1) is 9.74. The van der Waals surface area contributed by atoms with E-state index >= 15 is 0 Å². The van der Waals surface area contributed by atoms with E-state index < -0.39 is 0 Å². The third kappa shape index (κ3) is 2.50. The molecular formula is C14H13N3O2S. The van der Waals surface area contributed by atoms with E-state index in [1.165, 1.54) is 0 Å². The van der Waals surface area contributed by atoms with Gasteiger partial charge in [0.2, 0.25) is 0 Å². The van der Waals surface area contributed by atoms with E-state index in [1.807, 2.05) is 18.2 Å². The first kappa shape index (κ1) is 12.7. The van der Waals surface area contributed by atoms with Crippen LogP contribution in [0.5, 0.6) is 11.5 Å². The zero-order chi connectivity index (χ0) is 13.9. The van der Waals surface area contributed by atoms with Crippen LogP contribution < -0.4 is 20.5 Å². The molecular weight excluding hydrogens is 274 g/mol. The van der Waals surface area contributed by atoms with Gasteiger partial charge in [-0.2, -0.15) is 0 Å². The summed E-state index contributed by atoms with van der Waals surface area (Å²) in [5.74, 6) is 1.48. The Labute approximate surface area is 121 Å². The van der Waals surface area contributed by atoms with Crippen LogP contribution in [0, 0.1) is 0 Å². The minimum Gasteiger partial charge on any atom is -0.486 e. The van der Waals surface area contributed by atoms with Crippen molar-refractivity contribution in [3.8, 4) is 11.5 Å². The fraction of sp³-hybridized carbons (Fsp3) is 0.143. The van der Waals surface area contributed by atoms with Gasteiger partial charge in [-0.15, -0.1) is 0 Å². The molecule has 0 radical (unpaired) electrons. The van der Waals surface area contributed by atoms with Gasteiger partial charge in [-0.3, -0.25) is 4.98 Å². The van der Waals surface area contributed by atoms with Gasteiger partial charge in [0.05, 0.1) is 11.9 Å². The van der Waals surface area contributed by atoms with E-state index in [2.05, 4.69) is 10.3 Å². The van der Waals surface area contributed by atoms with Crippen LogP contribution in [-0.4, -0.2) is 23.2 Å². The molecule has 1 aromatic carbocycles. The number of nitrogens with two attached hydrogens (primary N) is 1. The van der Waals surface area contributed by atoms with Crippen molar-refractivity contribution in [2.75, 3.05) is 18.5 Å². The van der Waals surface area contributed by atoms with Crippen molar-refractivity contribution in [1.29, 1.82) is 0 Å². The highest BCUT2D eigenvalue weighted by Crippen LogP contribution is 2.33. The van der Waals surface area contributed by atoms with Crippen molar-refractivity contribution in [3.05, 3.63) is 42.2 Å². The number of hydrogen-bond acceptors (Lipinski definition) is 5. The molecule has 102 valence electrons. The summed E-state index contributed by atoms with van der Waals surface area (Å²) in [6.45, 7) is 1.13. The molecule has 1 aliphatic heterocycles. The van der Waals surface area contributed by atoms with Gasteiger partial charge in [0, 0.05) is 23.5 Å². The molecule has 1 aromatic heterocycles. The van der Waals surface area contributed by atoms with E-state index in [0.717, 1.165) is 28.4 Å². The number of pyridine rings is 1. The van der Waals surface area contributed by atoms with Crippen LogP contribution >= 0.6 is 12.2 Å². The van der Waals surface area contributed by atoms with Crippen molar-refractivity contribution in [2.45, 2.75) is 0 Å². The number of nitrogens with zero attached hydrogens (tertiary/aromatic N) is 1. The van der Waals surface area contributed by atoms with Crippen molar-refractivity contribution in [3.63, 3.8) is 0 Å². The summed E-state index contributed by atoms with van der Waals surface area (Å²) in [4.78, 5) is 4.40. The monoisotopic (exact) mass is 287 g/mol. The fourth-order valence-corrected chi connectivity index (χ4v) is 2.16. The van der Waals surface area contributed by atoms with Gasteiger partial charge < -0.3 is 20.5 Å². The smallest absolute Gasteiger partial charge is 0.163 e. The van der Waals surface area contributed by atoms with E-state index in [1.54, 1.807) is 18.5 Å². The van der Waals surface area contributed by atoms with Gasteiger partial charge in [-0.25, -0.2) is 0 Å². The topological polar surface area (TPSA) is 69.4 Å². The highest BCUT2D eigenvalue weighted by molar-refractivity contribution is 7.80. The lowest BCUT2D eigenvalue weighted by molar-refractivity contribution is 0.171. The van der Waals surface area contributed by atoms with Gasteiger partial charge in [-0.05, 0) is 18.2 Å². The van der Waals surface area contributed by atoms with E-state index in [4.69, 9.17) is 27.4 Å². The number of rotatable bonds is 3. The SMILES string of the molecule is NC(=S)c1ccncc1Nc1ccc2c(c1)OCCO2. The average Bonchev–Trinajstić information content (AvgIpc) is 2.47. The highest BCUT2D eigenvalue weighted by Gasteiger charge is 2.12. The molecule has 20 heavy (non-hydrogen) atoms. The molecule has 0 saturated carbocycles. The summed E-state index contributed by atoms with van der Waals surface area (Å²) in [5.41, 5.74) is 8.07. The zero-order valence-corrected chi connectivity index (χ0v) is 11.4. The minimum atomic E-state index is 0.326. The molecule has 6 heteroatoms. The standard InChI is InChI=1S/C14H13N3O2S/c15-14(20)10-3-4-16-8-11(10)17-9-1-2-12-13(7-9)19-6-5-18-12/h1-4,7-8,17H,5-6H2,(H2,15,20). The number of aromatic nitrogens is 1. The molecule has 0 saturated heterocycles. The average molecular weight is 287 g/mol. The van der Waals surface area contributed by atoms with Crippen LogP contribution in [0.15, 0.2) is 36.7 Å². The number of hydrogen-bond donors (Lipinski definition) is 2. The number of fused-ring (bicyclic) bond motifs is 1. The molecule has 3 rings (SSSR count). The maximum atomic E-state index is 5.70. The molecule has 0 aliphatic carbocycles. The van der Waals surface area contributed by atoms with Crippen molar-refractivity contribution < 1.29 is 9.47 Å². The zero-order valence-electron chi connectivity index (χ0n) is 10.6. The number of anilines is 2. The van der Waals surface area contributed by atoms with Crippen molar-refractivity contribution in [1.82, 2.24) is 4.98 Å². The highest BCUT2D eigenvalue weighted by atomic mass is 32.1. The molecule has 0 bridgehead atoms. The van der Waals surface area contributed by atoms with Gasteiger partial charge >= 0.3 is 0 Å². The van der Waals surface area contributed by atoms with Crippen LogP contribution in [0.2, 0.25) is 0 Å². The van der Waals surface area contributed by atoms with Crippen LogP contribution in [0.25, 0.3) is 0 Å². The predicted molar refractivity (Wildman–Crippen MR) is 80.8 cm³/mol. The second-order valence-corrected chi connectivity index (χ2v) is 4.71. The Morgan fingerprint density at radius 3 is 2.80 bits per heavy atom. The Balaban J connectivity index is 1.90. The molecule has 0 amide bonds. The summed E-state index contributed by atoms with van der Waals surface area (Å²) in [5, 5.41) is 3.24. The molecule has 0 spiro atoms. The molecule has 1 aliphatic rings. The number of nitrogens with one attached hydrogen (secondary N) is 1. The molecule has 0 atom stereocenters. The second kappa shape index (κ2) is 5.34. The van der Waals surface area contributed by atoms with Gasteiger partial charge in [0.1, 0.15) is 18.2 Å². The van der Waals surface area contributed by atoms with E-state index in [-0.39, 0.29) is 0 Å². The molecule has 2 aromatic rings. The normalized spacial score (nSPS) is 12.8. The first-order valence-electron chi connectivity index (χ1n) is 6.14. The van der Waals surface area contributed by atoms with Crippen LogP contribution in [-0.2, 0) is 0 Å². The Hall–Kier alpha value is -2.34. The Morgan fingerprint density at radius 2 is 2.00 bits per heavy atom. The third-order valence-corrected chi connectivity index (χ3v) is 3.13. The summed E-state index contributed by atoms with van der Waals surface area (Å²) in [7, 11) is 0. The minimum absolute atomic E-state index is 0.326. The summed E-state index contributed by atoms with van der Waals surface area (Å²) >= 11 is 5.03. The Morgan fingerprint density at radius 1 is 1.20 bits per heavy atom. The molecule has 2 heterocycles. The van der Waals surface area contributed by atoms with Gasteiger partial charge in [0.25, 0.3) is 0 Å². The summed E-state index contributed by atoms with van der Waals surface area (Å²) in [6, 6.07) is 7.44. The van der Waals surface area contributed by atoms with Crippen molar-refractivity contribution >= 4 is 28.6 Å². The van der Waals surface area contributed by atoms with Crippen molar-refractivity contribution in [2.24, 2.45) is 5.73 Å². The molecule has 0 unspecified atom stereocenters. The molecule has 3 N–H and O–H groups in total. The maximum absolute atomic E-state index is 5.70. The first-order valence-corrected chi connectivity index (χ1v) is 6.55. The lowest BCUT2D eigenvalue weighted by Crippen LogP contribution is -2.15. The molecule has 5 nitrogen and oxygen atoms in total. The number of benzene rings is 1. The van der Waals surface area contributed by atoms with Crippen LogP contribution in [0.4, 0.5) is 11.4 Å². The second-order valence-electron chi connectivity index (χ2n) is 4.27. The largest absolute Gasteiger partial charge is 0.486 e. The van der Waals surface area contributed by atoms with E-state index in [9.17, 15) is 0 Å². The Kier molecular flexibility index (Phi) is 3.39. The van der Waals surface area contributed by atoms with Crippen LogP contribution in [0.1, 0.15) is 5.56 Å². The quantitative estimate of drug-likeness (QED) is 0.844. The number of ether oxygens (including phenoxy) is 2. The number of thiocarbonyl (C=S) groups is 1. The lowest BCUT2D eigenvalue weighted by atomic mass is 10.2. The van der Waals surface area contributed by atoms with Crippen LogP contribution in [0.3, 0.4) is 0 Å². The summed E-state index contributed by atoms with van der Waals surface area (Å²) < 4.78 is 11.0. The lowest BCUT2D eigenvalue weighted by Gasteiger charge is -2.19. The molecule has 0 fully saturated rings. The predicted octanol–water partition coefficient (Wildman–Crippen LogP) is 2.23. The third-order valence-electron chi connectivity index (χ3n) is 2.91.